The fourth-order valence-corrected chi connectivity index (χ4v) is 3.66. The molecule has 5 nitrogen and oxygen atoms in total. The van der Waals surface area contributed by atoms with Crippen LogP contribution in [0.25, 0.3) is 0 Å². The number of carbonyl (C=O) groups excluding carboxylic acids is 1. The van der Waals surface area contributed by atoms with E-state index in [4.69, 9.17) is 0 Å². The van der Waals surface area contributed by atoms with E-state index in [9.17, 15) is 18.0 Å². The van der Waals surface area contributed by atoms with E-state index < -0.39 is 11.7 Å². The summed E-state index contributed by atoms with van der Waals surface area (Å²) < 4.78 is 38.4. The first-order valence-electron chi connectivity index (χ1n) is 9.92. The molecule has 0 atom stereocenters. The van der Waals surface area contributed by atoms with Gasteiger partial charge in [0, 0.05) is 31.5 Å². The molecule has 1 aromatic carbocycles. The summed E-state index contributed by atoms with van der Waals surface area (Å²) in [6.07, 6.45) is -0.641. The minimum absolute atomic E-state index is 0.0943. The SMILES string of the molecule is O=C(NCc1cccc(C(F)(F)F)c1)C1CCN(c2ccc(C3CC3)nn2)CC1. The maximum absolute atomic E-state index is 12.8. The number of anilines is 1. The van der Waals surface area contributed by atoms with Gasteiger partial charge < -0.3 is 10.2 Å². The number of aromatic nitrogens is 2. The highest BCUT2D eigenvalue weighted by molar-refractivity contribution is 5.79. The van der Waals surface area contributed by atoms with Crippen LogP contribution in [-0.2, 0) is 17.5 Å². The number of benzene rings is 1. The second-order valence-corrected chi connectivity index (χ2v) is 7.77. The fourth-order valence-electron chi connectivity index (χ4n) is 3.66. The molecular formula is C21H23F3N4O. The number of alkyl halides is 3. The molecule has 1 aromatic heterocycles. The second kappa shape index (κ2) is 8.00. The molecule has 1 aliphatic carbocycles. The first-order chi connectivity index (χ1) is 13.9. The lowest BCUT2D eigenvalue weighted by Crippen LogP contribution is -2.40. The van der Waals surface area contributed by atoms with Gasteiger partial charge in [-0.15, -0.1) is 5.10 Å². The summed E-state index contributed by atoms with van der Waals surface area (Å²) in [5, 5.41) is 11.4. The molecule has 1 amide bonds. The van der Waals surface area contributed by atoms with Gasteiger partial charge in [-0.2, -0.15) is 18.3 Å². The van der Waals surface area contributed by atoms with Crippen molar-refractivity contribution < 1.29 is 18.0 Å². The number of nitrogens with one attached hydrogen (secondary N) is 1. The van der Waals surface area contributed by atoms with Crippen molar-refractivity contribution in [2.75, 3.05) is 18.0 Å². The Balaban J connectivity index is 1.27. The van der Waals surface area contributed by atoms with Gasteiger partial charge in [-0.25, -0.2) is 0 Å². The van der Waals surface area contributed by atoms with Crippen LogP contribution in [0.4, 0.5) is 19.0 Å². The molecule has 2 fully saturated rings. The lowest BCUT2D eigenvalue weighted by molar-refractivity contribution is -0.137. The highest BCUT2D eigenvalue weighted by atomic mass is 19.4. The van der Waals surface area contributed by atoms with E-state index in [2.05, 4.69) is 20.4 Å². The smallest absolute Gasteiger partial charge is 0.355 e. The molecule has 0 spiro atoms. The van der Waals surface area contributed by atoms with Gasteiger partial charge in [0.2, 0.25) is 5.91 Å². The Morgan fingerprint density at radius 2 is 1.83 bits per heavy atom. The van der Waals surface area contributed by atoms with Gasteiger partial charge in [-0.1, -0.05) is 12.1 Å². The highest BCUT2D eigenvalue weighted by Crippen LogP contribution is 2.38. The standard InChI is InChI=1S/C21H23F3N4O/c22-21(23,24)17-3-1-2-14(12-17)13-25-20(29)16-8-10-28(11-9-16)19-7-6-18(26-27-19)15-4-5-15/h1-3,6-7,12,15-16H,4-5,8-11,13H2,(H,25,29). The maximum atomic E-state index is 12.8. The van der Waals surface area contributed by atoms with E-state index in [0.717, 1.165) is 23.6 Å². The van der Waals surface area contributed by atoms with Gasteiger partial charge in [0.25, 0.3) is 0 Å². The van der Waals surface area contributed by atoms with Crippen LogP contribution >= 0.6 is 0 Å². The summed E-state index contributed by atoms with van der Waals surface area (Å²) in [6.45, 7) is 1.51. The Morgan fingerprint density at radius 3 is 2.45 bits per heavy atom. The molecule has 1 N–H and O–H groups in total. The average molecular weight is 404 g/mol. The van der Waals surface area contributed by atoms with Crippen molar-refractivity contribution >= 4 is 11.7 Å². The molecule has 0 unspecified atom stereocenters. The predicted molar refractivity (Wildman–Crippen MR) is 102 cm³/mol. The largest absolute Gasteiger partial charge is 0.416 e. The van der Waals surface area contributed by atoms with Gasteiger partial charge in [-0.05, 0) is 55.5 Å². The third kappa shape index (κ3) is 4.86. The number of piperidine rings is 1. The van der Waals surface area contributed by atoms with E-state index in [0.29, 0.717) is 37.4 Å². The van der Waals surface area contributed by atoms with E-state index in [1.165, 1.54) is 18.9 Å². The van der Waals surface area contributed by atoms with Crippen molar-refractivity contribution in [2.24, 2.45) is 5.92 Å². The number of rotatable bonds is 5. The zero-order valence-corrected chi connectivity index (χ0v) is 16.0. The van der Waals surface area contributed by atoms with Crippen LogP contribution in [0.3, 0.4) is 0 Å². The number of amides is 1. The summed E-state index contributed by atoms with van der Waals surface area (Å²) in [7, 11) is 0. The molecule has 2 aliphatic rings. The Bertz CT molecular complexity index is 857. The lowest BCUT2D eigenvalue weighted by Gasteiger charge is -2.31. The van der Waals surface area contributed by atoms with E-state index in [1.54, 1.807) is 6.07 Å². The van der Waals surface area contributed by atoms with Crippen LogP contribution in [0.15, 0.2) is 36.4 Å². The Labute approximate surface area is 167 Å². The second-order valence-electron chi connectivity index (χ2n) is 7.77. The molecular weight excluding hydrogens is 381 g/mol. The summed E-state index contributed by atoms with van der Waals surface area (Å²) >= 11 is 0. The van der Waals surface area contributed by atoms with Crippen molar-refractivity contribution in [1.82, 2.24) is 15.5 Å². The first-order valence-corrected chi connectivity index (χ1v) is 9.92. The molecule has 1 saturated heterocycles. The molecule has 2 heterocycles. The van der Waals surface area contributed by atoms with Gasteiger partial charge in [0.15, 0.2) is 5.82 Å². The Hall–Kier alpha value is -2.64. The quantitative estimate of drug-likeness (QED) is 0.821. The molecule has 0 radical (unpaired) electrons. The van der Waals surface area contributed by atoms with E-state index >= 15 is 0 Å². The predicted octanol–water partition coefficient (Wildman–Crippen LogP) is 3.91. The van der Waals surface area contributed by atoms with Crippen molar-refractivity contribution in [2.45, 2.75) is 44.3 Å². The number of hydrogen-bond donors (Lipinski definition) is 1. The molecule has 2 aromatic rings. The highest BCUT2D eigenvalue weighted by Gasteiger charge is 2.31. The fraction of sp³-hybridized carbons (Fsp3) is 0.476. The van der Waals surface area contributed by atoms with E-state index in [-0.39, 0.29) is 18.4 Å². The van der Waals surface area contributed by atoms with Crippen LogP contribution in [0.5, 0.6) is 0 Å². The summed E-state index contributed by atoms with van der Waals surface area (Å²) in [4.78, 5) is 14.6. The van der Waals surface area contributed by atoms with Gasteiger partial charge in [0.1, 0.15) is 0 Å². The van der Waals surface area contributed by atoms with Gasteiger partial charge >= 0.3 is 6.18 Å². The van der Waals surface area contributed by atoms with Crippen LogP contribution in [-0.4, -0.2) is 29.2 Å². The monoisotopic (exact) mass is 404 g/mol. The molecule has 29 heavy (non-hydrogen) atoms. The minimum atomic E-state index is -4.38. The van der Waals surface area contributed by atoms with Crippen LogP contribution in [0.2, 0.25) is 0 Å². The lowest BCUT2D eigenvalue weighted by atomic mass is 9.95. The minimum Gasteiger partial charge on any atom is -0.355 e. The summed E-state index contributed by atoms with van der Waals surface area (Å²) in [5.41, 5.74) is 0.792. The third-order valence-electron chi connectivity index (χ3n) is 5.58. The number of carbonyl (C=O) groups is 1. The van der Waals surface area contributed by atoms with Crippen molar-refractivity contribution in [3.63, 3.8) is 0 Å². The molecule has 8 heteroatoms. The summed E-state index contributed by atoms with van der Waals surface area (Å²) in [6, 6.07) is 9.08. The topological polar surface area (TPSA) is 58.1 Å². The maximum Gasteiger partial charge on any atom is 0.416 e. The molecule has 0 bridgehead atoms. The normalized spacial score (nSPS) is 18.0. The van der Waals surface area contributed by atoms with Crippen molar-refractivity contribution in [3.8, 4) is 0 Å². The molecule has 1 aliphatic heterocycles. The van der Waals surface area contributed by atoms with E-state index in [1.807, 2.05) is 12.1 Å². The summed E-state index contributed by atoms with van der Waals surface area (Å²) in [5.74, 6) is 1.15. The van der Waals surface area contributed by atoms with Gasteiger partial charge in [-0.3, -0.25) is 4.79 Å². The number of nitrogens with zero attached hydrogens (tertiary/aromatic N) is 3. The average Bonchev–Trinajstić information content (AvgIpc) is 3.57. The zero-order valence-electron chi connectivity index (χ0n) is 16.0. The molecule has 4 rings (SSSR count). The van der Waals surface area contributed by atoms with Crippen LogP contribution in [0.1, 0.15) is 48.4 Å². The number of halogens is 3. The zero-order chi connectivity index (χ0) is 20.4. The van der Waals surface area contributed by atoms with Crippen molar-refractivity contribution in [3.05, 3.63) is 53.2 Å². The molecule has 1 saturated carbocycles. The third-order valence-corrected chi connectivity index (χ3v) is 5.58. The van der Waals surface area contributed by atoms with Gasteiger partial charge in [0.05, 0.1) is 11.3 Å². The first kappa shape index (κ1) is 19.7. The Morgan fingerprint density at radius 1 is 1.07 bits per heavy atom. The number of hydrogen-bond acceptors (Lipinski definition) is 4. The Kier molecular flexibility index (Phi) is 5.43. The van der Waals surface area contributed by atoms with Crippen LogP contribution < -0.4 is 10.2 Å². The van der Waals surface area contributed by atoms with Crippen molar-refractivity contribution in [1.29, 1.82) is 0 Å². The van der Waals surface area contributed by atoms with Crippen LogP contribution in [0, 0.1) is 5.92 Å². The molecule has 154 valence electrons.